The van der Waals surface area contributed by atoms with Gasteiger partial charge in [0.15, 0.2) is 5.82 Å². The van der Waals surface area contributed by atoms with E-state index in [0.717, 1.165) is 0 Å². The Morgan fingerprint density at radius 2 is 2.04 bits per heavy atom. The first-order valence-corrected chi connectivity index (χ1v) is 7.21. The van der Waals surface area contributed by atoms with Crippen molar-refractivity contribution in [2.45, 2.75) is 13.0 Å². The van der Waals surface area contributed by atoms with Crippen molar-refractivity contribution < 1.29 is 9.90 Å². The summed E-state index contributed by atoms with van der Waals surface area (Å²) in [4.78, 5) is 25.9. The van der Waals surface area contributed by atoms with Crippen LogP contribution < -0.4 is 11.0 Å². The second-order valence-corrected chi connectivity index (χ2v) is 5.47. The van der Waals surface area contributed by atoms with Crippen LogP contribution in [-0.4, -0.2) is 26.2 Å². The molecule has 1 unspecified atom stereocenters. The highest BCUT2D eigenvalue weighted by Crippen LogP contribution is 2.34. The number of fused-ring (bicyclic) bond motifs is 1. The van der Waals surface area contributed by atoms with Gasteiger partial charge in [-0.15, -0.1) is 0 Å². The normalized spacial score (nSPS) is 12.3. The number of aromatic amines is 2. The molecule has 0 radical (unpaired) electrons. The highest BCUT2D eigenvalue weighted by atomic mass is 35.5. The SMILES string of the molecule is CC(NC(=O)c1cc(Cl)c2ccccc2c1O)c1n[nH]c(=O)[nH]1. The third-order valence-corrected chi connectivity index (χ3v) is 3.80. The molecule has 0 spiro atoms. The van der Waals surface area contributed by atoms with Gasteiger partial charge in [-0.1, -0.05) is 35.9 Å². The highest BCUT2D eigenvalue weighted by molar-refractivity contribution is 6.36. The van der Waals surface area contributed by atoms with E-state index in [0.29, 0.717) is 15.8 Å². The number of hydrogen-bond acceptors (Lipinski definition) is 4. The third kappa shape index (κ3) is 2.78. The molecule has 0 aliphatic heterocycles. The Kier molecular flexibility index (Phi) is 3.79. The van der Waals surface area contributed by atoms with E-state index in [1.54, 1.807) is 31.2 Å². The molecule has 0 aliphatic rings. The Balaban J connectivity index is 1.95. The van der Waals surface area contributed by atoms with Crippen LogP contribution in [0.4, 0.5) is 0 Å². The van der Waals surface area contributed by atoms with Crippen molar-refractivity contribution >= 4 is 28.3 Å². The molecule has 0 saturated heterocycles. The quantitative estimate of drug-likeness (QED) is 0.588. The summed E-state index contributed by atoms with van der Waals surface area (Å²) in [6.07, 6.45) is 0. The van der Waals surface area contributed by atoms with Crippen LogP contribution in [0.15, 0.2) is 35.1 Å². The number of amides is 1. The Morgan fingerprint density at radius 3 is 2.70 bits per heavy atom. The number of H-pyrrole nitrogens is 2. The van der Waals surface area contributed by atoms with E-state index >= 15 is 0 Å². The number of nitrogens with one attached hydrogen (secondary N) is 3. The number of carbonyl (C=O) groups is 1. The van der Waals surface area contributed by atoms with Gasteiger partial charge in [0.2, 0.25) is 0 Å². The maximum absolute atomic E-state index is 12.4. The molecule has 3 rings (SSSR count). The van der Waals surface area contributed by atoms with Gasteiger partial charge in [-0.2, -0.15) is 5.10 Å². The molecule has 0 bridgehead atoms. The monoisotopic (exact) mass is 332 g/mol. The smallest absolute Gasteiger partial charge is 0.340 e. The van der Waals surface area contributed by atoms with E-state index in [1.807, 2.05) is 0 Å². The third-order valence-electron chi connectivity index (χ3n) is 3.49. The lowest BCUT2D eigenvalue weighted by molar-refractivity contribution is 0.0936. The van der Waals surface area contributed by atoms with Gasteiger partial charge < -0.3 is 10.4 Å². The van der Waals surface area contributed by atoms with Crippen LogP contribution >= 0.6 is 11.6 Å². The number of nitrogens with zero attached hydrogens (tertiary/aromatic N) is 1. The Labute approximate surface area is 135 Å². The summed E-state index contributed by atoms with van der Waals surface area (Å²) in [5, 5.41) is 20.5. The number of halogens is 1. The van der Waals surface area contributed by atoms with Gasteiger partial charge in [0.1, 0.15) is 5.75 Å². The number of rotatable bonds is 3. The minimum absolute atomic E-state index is 0.0541. The van der Waals surface area contributed by atoms with Crippen LogP contribution in [0.1, 0.15) is 29.1 Å². The minimum atomic E-state index is -0.550. The lowest BCUT2D eigenvalue weighted by Crippen LogP contribution is -2.27. The molecule has 0 saturated carbocycles. The first-order chi connectivity index (χ1) is 11.0. The van der Waals surface area contributed by atoms with Gasteiger partial charge in [0.25, 0.3) is 5.91 Å². The van der Waals surface area contributed by atoms with Gasteiger partial charge in [-0.25, -0.2) is 9.89 Å². The second kappa shape index (κ2) is 5.77. The zero-order valence-corrected chi connectivity index (χ0v) is 12.8. The van der Waals surface area contributed by atoms with E-state index in [9.17, 15) is 14.7 Å². The molecule has 118 valence electrons. The van der Waals surface area contributed by atoms with Crippen LogP contribution in [0.25, 0.3) is 10.8 Å². The molecule has 8 heteroatoms. The topological polar surface area (TPSA) is 111 Å². The maximum Gasteiger partial charge on any atom is 0.340 e. The molecule has 0 aliphatic carbocycles. The molecule has 7 nitrogen and oxygen atoms in total. The standard InChI is InChI=1S/C15H13ClN4O3/c1-7(13-18-15(23)20-19-13)17-14(22)10-6-11(16)8-4-2-3-5-9(8)12(10)21/h2-7,21H,1H3,(H,17,22)(H2,18,19,20,23). The fraction of sp³-hybridized carbons (Fsp3) is 0.133. The Morgan fingerprint density at radius 1 is 1.35 bits per heavy atom. The summed E-state index contributed by atoms with van der Waals surface area (Å²) in [5.74, 6) is -0.383. The van der Waals surface area contributed by atoms with Crippen molar-refractivity contribution in [3.05, 3.63) is 57.2 Å². The number of aromatic hydroxyl groups is 1. The second-order valence-electron chi connectivity index (χ2n) is 5.06. The number of benzene rings is 2. The zero-order chi connectivity index (χ0) is 16.6. The predicted octanol–water partition coefficient (Wildman–Crippen LogP) is 2.10. The summed E-state index contributed by atoms with van der Waals surface area (Å²) >= 11 is 6.18. The lowest BCUT2D eigenvalue weighted by atomic mass is 10.0. The van der Waals surface area contributed by atoms with E-state index in [2.05, 4.69) is 20.5 Å². The van der Waals surface area contributed by atoms with E-state index in [1.165, 1.54) is 6.07 Å². The van der Waals surface area contributed by atoms with Crippen molar-refractivity contribution in [2.24, 2.45) is 0 Å². The molecule has 3 aromatic rings. The molecular formula is C15H13ClN4O3. The molecule has 1 aromatic heterocycles. The van der Waals surface area contributed by atoms with Gasteiger partial charge in [0.05, 0.1) is 11.6 Å². The summed E-state index contributed by atoms with van der Waals surface area (Å²) in [5.41, 5.74) is -0.406. The molecule has 0 fully saturated rings. The molecule has 2 aromatic carbocycles. The number of phenols is 1. The van der Waals surface area contributed by atoms with Crippen LogP contribution in [0.2, 0.25) is 5.02 Å². The molecule has 23 heavy (non-hydrogen) atoms. The van der Waals surface area contributed by atoms with Crippen LogP contribution in [0.3, 0.4) is 0 Å². The van der Waals surface area contributed by atoms with Gasteiger partial charge in [0, 0.05) is 15.8 Å². The average Bonchev–Trinajstić information content (AvgIpc) is 2.97. The fourth-order valence-corrected chi connectivity index (χ4v) is 2.59. The van der Waals surface area contributed by atoms with Gasteiger partial charge >= 0.3 is 5.69 Å². The number of aromatic nitrogens is 3. The number of phenolic OH excluding ortho intramolecular Hbond substituents is 1. The van der Waals surface area contributed by atoms with Gasteiger partial charge in [-0.3, -0.25) is 9.78 Å². The highest BCUT2D eigenvalue weighted by Gasteiger charge is 2.19. The van der Waals surface area contributed by atoms with Crippen LogP contribution in [-0.2, 0) is 0 Å². The molecule has 1 heterocycles. The summed E-state index contributed by atoms with van der Waals surface area (Å²) in [6.45, 7) is 1.66. The summed E-state index contributed by atoms with van der Waals surface area (Å²) in [6, 6.07) is 7.85. The van der Waals surface area contributed by atoms with Crippen LogP contribution in [0, 0.1) is 0 Å². The van der Waals surface area contributed by atoms with Gasteiger partial charge in [-0.05, 0) is 13.0 Å². The lowest BCUT2D eigenvalue weighted by Gasteiger charge is -2.13. The summed E-state index contributed by atoms with van der Waals surface area (Å²) in [7, 11) is 0. The molecular weight excluding hydrogens is 320 g/mol. The van der Waals surface area contributed by atoms with Crippen molar-refractivity contribution in [1.29, 1.82) is 0 Å². The first-order valence-electron chi connectivity index (χ1n) is 6.83. The Hall–Kier alpha value is -2.80. The molecule has 4 N–H and O–H groups in total. The fourth-order valence-electron chi connectivity index (χ4n) is 2.32. The number of hydrogen-bond donors (Lipinski definition) is 4. The molecule has 1 amide bonds. The van der Waals surface area contributed by atoms with Crippen molar-refractivity contribution in [1.82, 2.24) is 20.5 Å². The zero-order valence-electron chi connectivity index (χ0n) is 12.1. The Bertz CT molecular complexity index is 947. The molecule has 1 atom stereocenters. The van der Waals surface area contributed by atoms with E-state index in [4.69, 9.17) is 11.6 Å². The maximum atomic E-state index is 12.4. The minimum Gasteiger partial charge on any atom is -0.506 e. The average molecular weight is 333 g/mol. The van der Waals surface area contributed by atoms with E-state index in [-0.39, 0.29) is 17.1 Å². The summed E-state index contributed by atoms with van der Waals surface area (Å²) < 4.78 is 0. The number of carbonyl (C=O) groups excluding carboxylic acids is 1. The van der Waals surface area contributed by atoms with E-state index < -0.39 is 17.6 Å². The van der Waals surface area contributed by atoms with Crippen LogP contribution in [0.5, 0.6) is 5.75 Å². The van der Waals surface area contributed by atoms with Crippen molar-refractivity contribution in [2.75, 3.05) is 0 Å². The largest absolute Gasteiger partial charge is 0.506 e. The first kappa shape index (κ1) is 15.1. The predicted molar refractivity (Wildman–Crippen MR) is 85.7 cm³/mol. The van der Waals surface area contributed by atoms with Crippen molar-refractivity contribution in [3.8, 4) is 5.75 Å². The van der Waals surface area contributed by atoms with Crippen molar-refractivity contribution in [3.63, 3.8) is 0 Å².